The molecular formula is C20H16Cl2FN3O. The van der Waals surface area contributed by atoms with Gasteiger partial charge in [0.25, 0.3) is 5.91 Å². The van der Waals surface area contributed by atoms with Gasteiger partial charge in [0.2, 0.25) is 0 Å². The summed E-state index contributed by atoms with van der Waals surface area (Å²) in [5.41, 5.74) is 6.20. The Balaban J connectivity index is 1.82. The van der Waals surface area contributed by atoms with Gasteiger partial charge in [0, 0.05) is 22.5 Å². The SMILES string of the molecule is Cc1cc(/C=N\NC(=O)c2ccc(F)cc2)c(C)n1-c1cccc(Cl)c1Cl. The third kappa shape index (κ3) is 4.04. The summed E-state index contributed by atoms with van der Waals surface area (Å²) in [5, 5.41) is 4.94. The maximum Gasteiger partial charge on any atom is 0.271 e. The number of amides is 1. The number of aromatic nitrogens is 1. The number of benzene rings is 2. The molecule has 1 heterocycles. The molecule has 0 radical (unpaired) electrons. The summed E-state index contributed by atoms with van der Waals surface area (Å²) in [7, 11) is 0. The van der Waals surface area contributed by atoms with Gasteiger partial charge in [-0.25, -0.2) is 9.82 Å². The van der Waals surface area contributed by atoms with Crippen LogP contribution in [0.2, 0.25) is 10.0 Å². The van der Waals surface area contributed by atoms with Crippen LogP contribution in [0.25, 0.3) is 5.69 Å². The Morgan fingerprint density at radius 1 is 1.15 bits per heavy atom. The van der Waals surface area contributed by atoms with E-state index in [4.69, 9.17) is 23.2 Å². The van der Waals surface area contributed by atoms with Gasteiger partial charge in [0.15, 0.2) is 0 Å². The predicted molar refractivity (Wildman–Crippen MR) is 107 cm³/mol. The van der Waals surface area contributed by atoms with E-state index in [1.54, 1.807) is 12.3 Å². The minimum Gasteiger partial charge on any atom is -0.316 e. The van der Waals surface area contributed by atoms with Crippen LogP contribution in [0, 0.1) is 19.7 Å². The molecule has 1 N–H and O–H groups in total. The molecule has 3 aromatic rings. The zero-order valence-electron chi connectivity index (χ0n) is 14.6. The van der Waals surface area contributed by atoms with E-state index >= 15 is 0 Å². The average molecular weight is 404 g/mol. The van der Waals surface area contributed by atoms with E-state index in [1.807, 2.05) is 36.6 Å². The fourth-order valence-electron chi connectivity index (χ4n) is 2.78. The molecule has 138 valence electrons. The Hall–Kier alpha value is -2.63. The van der Waals surface area contributed by atoms with Crippen molar-refractivity contribution in [1.82, 2.24) is 9.99 Å². The van der Waals surface area contributed by atoms with Crippen molar-refractivity contribution in [1.29, 1.82) is 0 Å². The van der Waals surface area contributed by atoms with Gasteiger partial charge in [-0.05, 0) is 56.3 Å². The molecule has 0 fully saturated rings. The second-order valence-electron chi connectivity index (χ2n) is 5.94. The van der Waals surface area contributed by atoms with Crippen molar-refractivity contribution in [2.75, 3.05) is 0 Å². The first-order valence-corrected chi connectivity index (χ1v) is 8.86. The molecule has 0 aliphatic rings. The fourth-order valence-corrected chi connectivity index (χ4v) is 3.16. The van der Waals surface area contributed by atoms with Crippen LogP contribution in [0.1, 0.15) is 27.3 Å². The highest BCUT2D eigenvalue weighted by molar-refractivity contribution is 6.43. The molecule has 4 nitrogen and oxygen atoms in total. The van der Waals surface area contributed by atoms with Crippen LogP contribution in [0.4, 0.5) is 4.39 Å². The smallest absolute Gasteiger partial charge is 0.271 e. The summed E-state index contributed by atoms with van der Waals surface area (Å²) < 4.78 is 14.9. The number of nitrogens with zero attached hydrogens (tertiary/aromatic N) is 2. The van der Waals surface area contributed by atoms with Crippen molar-refractivity contribution in [2.24, 2.45) is 5.10 Å². The highest BCUT2D eigenvalue weighted by Gasteiger charge is 2.13. The van der Waals surface area contributed by atoms with E-state index in [9.17, 15) is 9.18 Å². The van der Waals surface area contributed by atoms with Gasteiger partial charge >= 0.3 is 0 Å². The Labute approximate surface area is 166 Å². The molecule has 27 heavy (non-hydrogen) atoms. The number of nitrogens with one attached hydrogen (secondary N) is 1. The van der Waals surface area contributed by atoms with Gasteiger partial charge in [-0.2, -0.15) is 5.10 Å². The lowest BCUT2D eigenvalue weighted by Crippen LogP contribution is -2.17. The van der Waals surface area contributed by atoms with Crippen molar-refractivity contribution >= 4 is 35.3 Å². The summed E-state index contributed by atoms with van der Waals surface area (Å²) in [4.78, 5) is 12.0. The van der Waals surface area contributed by atoms with Crippen molar-refractivity contribution in [3.05, 3.63) is 86.9 Å². The van der Waals surface area contributed by atoms with Crippen LogP contribution >= 0.6 is 23.2 Å². The molecule has 2 aromatic carbocycles. The Morgan fingerprint density at radius 2 is 1.85 bits per heavy atom. The lowest BCUT2D eigenvalue weighted by molar-refractivity contribution is 0.0955. The van der Waals surface area contributed by atoms with E-state index in [2.05, 4.69) is 10.5 Å². The summed E-state index contributed by atoms with van der Waals surface area (Å²) in [6, 6.07) is 12.6. The first-order valence-electron chi connectivity index (χ1n) is 8.11. The number of hydrazone groups is 1. The van der Waals surface area contributed by atoms with Crippen LogP contribution in [-0.2, 0) is 0 Å². The minimum absolute atomic E-state index is 0.324. The molecule has 0 spiro atoms. The Morgan fingerprint density at radius 3 is 2.56 bits per heavy atom. The molecule has 1 aromatic heterocycles. The lowest BCUT2D eigenvalue weighted by atomic mass is 10.2. The van der Waals surface area contributed by atoms with Gasteiger partial charge in [-0.15, -0.1) is 0 Å². The van der Waals surface area contributed by atoms with Crippen molar-refractivity contribution < 1.29 is 9.18 Å². The van der Waals surface area contributed by atoms with Gasteiger partial charge in [-0.1, -0.05) is 29.3 Å². The van der Waals surface area contributed by atoms with Crippen LogP contribution < -0.4 is 5.43 Å². The third-order valence-corrected chi connectivity index (χ3v) is 4.93. The summed E-state index contributed by atoms with van der Waals surface area (Å²) in [6.45, 7) is 3.87. The quantitative estimate of drug-likeness (QED) is 0.465. The maximum atomic E-state index is 12.9. The van der Waals surface area contributed by atoms with Crippen molar-refractivity contribution in [2.45, 2.75) is 13.8 Å². The summed E-state index contributed by atoms with van der Waals surface area (Å²) in [6.07, 6.45) is 1.55. The van der Waals surface area contributed by atoms with E-state index in [0.29, 0.717) is 15.6 Å². The van der Waals surface area contributed by atoms with Crippen molar-refractivity contribution in [3.63, 3.8) is 0 Å². The molecule has 0 aliphatic carbocycles. The maximum absolute atomic E-state index is 12.9. The van der Waals surface area contributed by atoms with Gasteiger partial charge in [-0.3, -0.25) is 4.79 Å². The predicted octanol–water partition coefficient (Wildman–Crippen LogP) is 5.30. The molecular weight excluding hydrogens is 388 g/mol. The normalized spacial score (nSPS) is 11.1. The van der Waals surface area contributed by atoms with Crippen LogP contribution in [0.5, 0.6) is 0 Å². The lowest BCUT2D eigenvalue weighted by Gasteiger charge is -2.12. The number of hydrogen-bond acceptors (Lipinski definition) is 2. The van der Waals surface area contributed by atoms with Crippen LogP contribution in [-0.4, -0.2) is 16.7 Å². The minimum atomic E-state index is -0.419. The van der Waals surface area contributed by atoms with Crippen LogP contribution in [0.3, 0.4) is 0 Å². The molecule has 7 heteroatoms. The molecule has 0 bridgehead atoms. The number of rotatable bonds is 4. The molecule has 0 saturated carbocycles. The molecule has 0 atom stereocenters. The van der Waals surface area contributed by atoms with Gasteiger partial charge in [0.05, 0.1) is 21.9 Å². The van der Waals surface area contributed by atoms with Crippen molar-refractivity contribution in [3.8, 4) is 5.69 Å². The fraction of sp³-hybridized carbons (Fsp3) is 0.100. The number of hydrogen-bond donors (Lipinski definition) is 1. The first kappa shape index (κ1) is 19.1. The monoisotopic (exact) mass is 403 g/mol. The number of carbonyl (C=O) groups is 1. The highest BCUT2D eigenvalue weighted by Crippen LogP contribution is 2.31. The zero-order valence-corrected chi connectivity index (χ0v) is 16.1. The molecule has 1 amide bonds. The number of halogens is 3. The topological polar surface area (TPSA) is 46.4 Å². The summed E-state index contributed by atoms with van der Waals surface area (Å²) >= 11 is 12.5. The zero-order chi connectivity index (χ0) is 19.6. The van der Waals surface area contributed by atoms with E-state index in [1.165, 1.54) is 24.3 Å². The standard InChI is InChI=1S/C20H16Cl2FN3O/c1-12-10-15(11-24-25-20(27)14-6-8-16(23)9-7-14)13(2)26(12)18-5-3-4-17(21)19(18)22/h3-11H,1-2H3,(H,25,27)/b24-11-. The van der Waals surface area contributed by atoms with E-state index in [-0.39, 0.29) is 0 Å². The summed E-state index contributed by atoms with van der Waals surface area (Å²) in [5.74, 6) is -0.819. The van der Waals surface area contributed by atoms with Gasteiger partial charge in [0.1, 0.15) is 5.82 Å². The van der Waals surface area contributed by atoms with Gasteiger partial charge < -0.3 is 4.57 Å². The Bertz CT molecular complexity index is 1030. The average Bonchev–Trinajstić information content (AvgIpc) is 2.92. The molecule has 3 rings (SSSR count). The first-order chi connectivity index (χ1) is 12.9. The highest BCUT2D eigenvalue weighted by atomic mass is 35.5. The largest absolute Gasteiger partial charge is 0.316 e. The second kappa shape index (κ2) is 7.94. The number of carbonyl (C=O) groups excluding carboxylic acids is 1. The van der Waals surface area contributed by atoms with E-state index in [0.717, 1.165) is 22.6 Å². The van der Waals surface area contributed by atoms with E-state index < -0.39 is 11.7 Å². The number of aryl methyl sites for hydroxylation is 1. The molecule has 0 unspecified atom stereocenters. The molecule has 0 saturated heterocycles. The molecule has 0 aliphatic heterocycles. The third-order valence-electron chi connectivity index (χ3n) is 4.12. The Kier molecular flexibility index (Phi) is 5.63. The van der Waals surface area contributed by atoms with Crippen LogP contribution in [0.15, 0.2) is 53.6 Å². The second-order valence-corrected chi connectivity index (χ2v) is 6.73.